The highest BCUT2D eigenvalue weighted by molar-refractivity contribution is 6.02. The van der Waals surface area contributed by atoms with Crippen LogP contribution in [0.5, 0.6) is 23.0 Å². The number of nitrogens with one attached hydrogen (secondary N) is 3. The second-order valence-electron chi connectivity index (χ2n) is 13.2. The van der Waals surface area contributed by atoms with Crippen LogP contribution in [-0.4, -0.2) is 98.4 Å². The van der Waals surface area contributed by atoms with Crippen LogP contribution in [-0.2, 0) is 4.74 Å². The number of hydrogen-bond donors (Lipinski definition) is 4. The topological polar surface area (TPSA) is 160 Å². The molecule has 3 aromatic rings. The van der Waals surface area contributed by atoms with Crippen molar-refractivity contribution >= 4 is 35.0 Å². The largest absolute Gasteiger partial charge is 0.497 e. The number of amides is 5. The van der Waals surface area contributed by atoms with E-state index in [1.165, 1.54) is 0 Å². The van der Waals surface area contributed by atoms with E-state index in [0.29, 0.717) is 46.7 Å². The molecule has 0 unspecified atom stereocenters. The van der Waals surface area contributed by atoms with E-state index in [1.807, 2.05) is 13.8 Å². The number of hydrogen-bond acceptors (Lipinski definition) is 9. The Bertz CT molecular complexity index is 1690. The molecule has 0 bridgehead atoms. The van der Waals surface area contributed by atoms with Crippen molar-refractivity contribution in [1.82, 2.24) is 9.80 Å². The molecule has 0 radical (unpaired) electrons. The maximum Gasteiger partial charge on any atom is 0.323 e. The van der Waals surface area contributed by atoms with Gasteiger partial charge >= 0.3 is 12.1 Å². The first kappa shape index (κ1) is 38.0. The number of ether oxygens (including phenoxy) is 5. The summed E-state index contributed by atoms with van der Waals surface area (Å²) in [4.78, 5) is 43.8. The molecule has 2 aliphatic heterocycles. The van der Waals surface area contributed by atoms with Crippen LogP contribution >= 0.6 is 0 Å². The van der Waals surface area contributed by atoms with Crippen LogP contribution in [0.25, 0.3) is 0 Å². The molecular formula is C38H49N5O9. The zero-order valence-electron chi connectivity index (χ0n) is 30.3. The summed E-state index contributed by atoms with van der Waals surface area (Å²) in [6, 6.07) is 15.7. The Balaban J connectivity index is 1.34. The van der Waals surface area contributed by atoms with Crippen molar-refractivity contribution in [2.24, 2.45) is 5.92 Å². The van der Waals surface area contributed by atoms with Crippen LogP contribution in [0.1, 0.15) is 50.4 Å². The molecule has 280 valence electrons. The Morgan fingerprint density at radius 3 is 2.35 bits per heavy atom. The second kappa shape index (κ2) is 17.8. The number of methoxy groups -OCH3 is 1. The number of aliphatic hydroxyl groups is 1. The van der Waals surface area contributed by atoms with Crippen LogP contribution in [0.4, 0.5) is 26.7 Å². The van der Waals surface area contributed by atoms with E-state index in [9.17, 15) is 19.5 Å². The highest BCUT2D eigenvalue weighted by atomic mass is 16.7. The average Bonchev–Trinajstić information content (AvgIpc) is 3.61. The van der Waals surface area contributed by atoms with Gasteiger partial charge in [0.05, 0.1) is 37.5 Å². The Hall–Kier alpha value is -5.21. The maximum absolute atomic E-state index is 14.4. The molecule has 52 heavy (non-hydrogen) atoms. The van der Waals surface area contributed by atoms with Gasteiger partial charge in [-0.05, 0) is 87.7 Å². The Labute approximate surface area is 304 Å². The summed E-state index contributed by atoms with van der Waals surface area (Å²) in [6.07, 6.45) is 1.68. The van der Waals surface area contributed by atoms with E-state index in [-0.39, 0.29) is 56.0 Å². The first-order valence-corrected chi connectivity index (χ1v) is 17.5. The van der Waals surface area contributed by atoms with E-state index in [1.54, 1.807) is 91.5 Å². The highest BCUT2D eigenvalue weighted by Crippen LogP contribution is 2.34. The number of nitrogens with zero attached hydrogens (tertiary/aromatic N) is 2. The van der Waals surface area contributed by atoms with Crippen LogP contribution in [0.15, 0.2) is 60.7 Å². The fourth-order valence-corrected chi connectivity index (χ4v) is 5.98. The number of benzene rings is 3. The van der Waals surface area contributed by atoms with Crippen molar-refractivity contribution < 1.29 is 43.2 Å². The standard InChI is InChI=1S/C38H49N5O9/c1-24-20-43(25(2)22-44)36(45)31-18-28(40-37(46)39-27-9-13-30(48-5)14-10-27)11-15-32(31)52-26(3)8-6-7-17-49-35(24)21-42(4)38(47)41-29-12-16-33-34(19-29)51-23-50-33/h9-16,18-19,24-26,35,44H,6-8,17,20-23H2,1-5H3,(H,41,47)(H2,39,40,46)/t24-,25+,26-,35-/m1/s1. The fraction of sp³-hybridized carbons (Fsp3) is 0.447. The van der Waals surface area contributed by atoms with Crippen LogP contribution in [0.3, 0.4) is 0 Å². The van der Waals surface area contributed by atoms with Crippen molar-refractivity contribution in [2.75, 3.05) is 63.2 Å². The quantitative estimate of drug-likeness (QED) is 0.218. The molecule has 5 amide bonds. The predicted octanol–water partition coefficient (Wildman–Crippen LogP) is 6.03. The van der Waals surface area contributed by atoms with Gasteiger partial charge in [0.2, 0.25) is 6.79 Å². The van der Waals surface area contributed by atoms with E-state index in [0.717, 1.165) is 19.3 Å². The summed E-state index contributed by atoms with van der Waals surface area (Å²) in [5.41, 5.74) is 1.76. The van der Waals surface area contributed by atoms with E-state index < -0.39 is 18.2 Å². The summed E-state index contributed by atoms with van der Waals surface area (Å²) in [7, 11) is 3.26. The lowest BCUT2D eigenvalue weighted by Gasteiger charge is -2.35. The van der Waals surface area contributed by atoms with E-state index >= 15 is 0 Å². The molecule has 14 heteroatoms. The van der Waals surface area contributed by atoms with Gasteiger partial charge < -0.3 is 54.5 Å². The monoisotopic (exact) mass is 719 g/mol. The predicted molar refractivity (Wildman–Crippen MR) is 197 cm³/mol. The van der Waals surface area contributed by atoms with Crippen molar-refractivity contribution in [3.63, 3.8) is 0 Å². The van der Waals surface area contributed by atoms with Gasteiger partial charge in [0.1, 0.15) is 11.5 Å². The van der Waals surface area contributed by atoms with Gasteiger partial charge in [-0.2, -0.15) is 0 Å². The van der Waals surface area contributed by atoms with E-state index in [2.05, 4.69) is 16.0 Å². The first-order valence-electron chi connectivity index (χ1n) is 17.5. The summed E-state index contributed by atoms with van der Waals surface area (Å²) in [6.45, 7) is 6.46. The summed E-state index contributed by atoms with van der Waals surface area (Å²) in [5.74, 6) is 1.60. The molecule has 2 aliphatic rings. The number of urea groups is 2. The normalized spacial score (nSPS) is 19.7. The molecule has 14 nitrogen and oxygen atoms in total. The van der Waals surface area contributed by atoms with Crippen LogP contribution < -0.4 is 34.9 Å². The SMILES string of the molecule is COc1ccc(NC(=O)Nc2ccc3c(c2)C(=O)N([C@@H](C)CO)C[C@@H](C)[C@@H](CN(C)C(=O)Nc2ccc4c(c2)OCO4)OCCCC[C@@H](C)O3)cc1. The molecule has 5 rings (SSSR count). The smallest absolute Gasteiger partial charge is 0.323 e. The number of anilines is 3. The molecule has 0 aliphatic carbocycles. The Morgan fingerprint density at radius 1 is 0.942 bits per heavy atom. The molecule has 2 heterocycles. The Kier molecular flexibility index (Phi) is 13.0. The molecule has 0 spiro atoms. The number of likely N-dealkylation sites (N-methyl/N-ethyl adjacent to an activating group) is 1. The van der Waals surface area contributed by atoms with Crippen molar-refractivity contribution in [3.05, 3.63) is 66.2 Å². The Morgan fingerprint density at radius 2 is 1.62 bits per heavy atom. The van der Waals surface area contributed by atoms with Gasteiger partial charge in [-0.25, -0.2) is 9.59 Å². The number of rotatable bonds is 8. The lowest BCUT2D eigenvalue weighted by atomic mass is 10.0. The molecule has 3 aromatic carbocycles. The van der Waals surface area contributed by atoms with Gasteiger partial charge in [-0.1, -0.05) is 6.92 Å². The van der Waals surface area contributed by atoms with Crippen molar-refractivity contribution in [3.8, 4) is 23.0 Å². The molecular weight excluding hydrogens is 670 g/mol. The average molecular weight is 720 g/mol. The zero-order valence-corrected chi connectivity index (χ0v) is 30.3. The third-order valence-corrected chi connectivity index (χ3v) is 9.08. The molecule has 0 saturated heterocycles. The minimum atomic E-state index is -0.559. The van der Waals surface area contributed by atoms with Gasteiger partial charge in [-0.15, -0.1) is 0 Å². The number of carbonyl (C=O) groups is 3. The van der Waals surface area contributed by atoms with Crippen LogP contribution in [0, 0.1) is 5.92 Å². The maximum atomic E-state index is 14.4. The zero-order chi connectivity index (χ0) is 37.2. The fourth-order valence-electron chi connectivity index (χ4n) is 5.98. The summed E-state index contributed by atoms with van der Waals surface area (Å²) in [5, 5.41) is 18.8. The van der Waals surface area contributed by atoms with Gasteiger partial charge in [0.15, 0.2) is 11.5 Å². The van der Waals surface area contributed by atoms with E-state index in [4.69, 9.17) is 23.7 Å². The molecule has 0 aromatic heterocycles. The number of aliphatic hydroxyl groups excluding tert-OH is 1. The van der Waals surface area contributed by atoms with Gasteiger partial charge in [0, 0.05) is 55.8 Å². The molecule has 0 fully saturated rings. The lowest BCUT2D eigenvalue weighted by molar-refractivity contribution is -0.0115. The molecule has 0 saturated carbocycles. The minimum Gasteiger partial charge on any atom is -0.497 e. The van der Waals surface area contributed by atoms with Gasteiger partial charge in [-0.3, -0.25) is 4.79 Å². The lowest BCUT2D eigenvalue weighted by Crippen LogP contribution is -2.48. The minimum absolute atomic E-state index is 0.135. The van der Waals surface area contributed by atoms with Crippen LogP contribution in [0.2, 0.25) is 0 Å². The number of fused-ring (bicyclic) bond motifs is 2. The highest BCUT2D eigenvalue weighted by Gasteiger charge is 2.31. The summed E-state index contributed by atoms with van der Waals surface area (Å²) >= 11 is 0. The number of carbonyl (C=O) groups excluding carboxylic acids is 3. The molecule has 4 N–H and O–H groups in total. The second-order valence-corrected chi connectivity index (χ2v) is 13.2. The van der Waals surface area contributed by atoms with Crippen molar-refractivity contribution in [2.45, 2.75) is 58.3 Å². The summed E-state index contributed by atoms with van der Waals surface area (Å²) < 4.78 is 28.7. The van der Waals surface area contributed by atoms with Crippen molar-refractivity contribution in [1.29, 1.82) is 0 Å². The van der Waals surface area contributed by atoms with Gasteiger partial charge in [0.25, 0.3) is 5.91 Å². The molecule has 4 atom stereocenters. The first-order chi connectivity index (χ1) is 25.0. The third-order valence-electron chi connectivity index (χ3n) is 9.08. The third kappa shape index (κ3) is 9.98.